The van der Waals surface area contributed by atoms with E-state index in [1.165, 1.54) is 82.8 Å². The minimum Gasteiger partial charge on any atom is -0.309 e. The molecule has 9 aromatic carbocycles. The summed E-state index contributed by atoms with van der Waals surface area (Å²) in [4.78, 5) is 5.13. The second-order valence-electron chi connectivity index (χ2n) is 16.0. The minimum atomic E-state index is 0.913. The topological polar surface area (TPSA) is 22.8 Å². The fraction of sp³-hybridized carbons (Fsp3) is 0. The van der Waals surface area contributed by atoms with E-state index in [0.29, 0.717) is 0 Å². The Balaban J connectivity index is 0.799. The average molecular weight is 790 g/mol. The number of aromatic nitrogens is 3. The standard InChI is InChI=1S/C59H39N3/c1-3-12-46(13-4-1)54-18-11-21-59(60-54)62-56-20-10-8-17-51(56)53-39-48(35-37-58(53)62)45-32-28-43(29-33-45)41-24-22-40(23-25-41)42-26-30-44(31-27-42)47-34-36-57-52(38-47)50-16-7-9-19-55(50)61(57)49-14-5-2-6-15-49/h1-39H. The molecule has 290 valence electrons. The molecule has 0 fully saturated rings. The molecule has 0 unspecified atom stereocenters. The maximum atomic E-state index is 5.13. The van der Waals surface area contributed by atoms with Crippen molar-refractivity contribution in [2.24, 2.45) is 0 Å². The molecule has 3 nitrogen and oxygen atoms in total. The van der Waals surface area contributed by atoms with Gasteiger partial charge in [0.05, 0.1) is 27.8 Å². The average Bonchev–Trinajstić information content (AvgIpc) is 3.87. The van der Waals surface area contributed by atoms with E-state index in [2.05, 4.69) is 240 Å². The van der Waals surface area contributed by atoms with Crippen molar-refractivity contribution in [3.05, 3.63) is 237 Å². The molecule has 0 radical (unpaired) electrons. The van der Waals surface area contributed by atoms with E-state index in [1.807, 2.05) is 6.07 Å². The summed E-state index contributed by atoms with van der Waals surface area (Å²) in [6, 6.07) is 85.1. The Morgan fingerprint density at radius 2 is 0.629 bits per heavy atom. The van der Waals surface area contributed by atoms with Crippen molar-refractivity contribution >= 4 is 43.6 Å². The van der Waals surface area contributed by atoms with Crippen LogP contribution in [0.5, 0.6) is 0 Å². The summed E-state index contributed by atoms with van der Waals surface area (Å²) >= 11 is 0. The van der Waals surface area contributed by atoms with Crippen LogP contribution in [-0.2, 0) is 0 Å². The summed E-state index contributed by atoms with van der Waals surface area (Å²) in [7, 11) is 0. The lowest BCUT2D eigenvalue weighted by Crippen LogP contribution is -1.98. The first kappa shape index (κ1) is 35.7. The Labute approximate surface area is 360 Å². The van der Waals surface area contributed by atoms with Crippen molar-refractivity contribution in [1.82, 2.24) is 14.1 Å². The molecule has 0 bridgehead atoms. The Kier molecular flexibility index (Phi) is 8.50. The number of pyridine rings is 1. The molecule has 0 aliphatic rings. The van der Waals surface area contributed by atoms with Gasteiger partial charge in [0.25, 0.3) is 0 Å². The van der Waals surface area contributed by atoms with Gasteiger partial charge in [0.15, 0.2) is 0 Å². The highest BCUT2D eigenvalue weighted by Crippen LogP contribution is 2.38. The molecule has 0 saturated heterocycles. The van der Waals surface area contributed by atoms with Crippen molar-refractivity contribution in [2.75, 3.05) is 0 Å². The van der Waals surface area contributed by atoms with Gasteiger partial charge in [-0.15, -0.1) is 0 Å². The van der Waals surface area contributed by atoms with Gasteiger partial charge in [0.2, 0.25) is 0 Å². The van der Waals surface area contributed by atoms with Crippen LogP contribution in [0.2, 0.25) is 0 Å². The zero-order valence-corrected chi connectivity index (χ0v) is 33.9. The van der Waals surface area contributed by atoms with E-state index in [0.717, 1.165) is 28.1 Å². The van der Waals surface area contributed by atoms with E-state index in [9.17, 15) is 0 Å². The van der Waals surface area contributed by atoms with Crippen LogP contribution in [0, 0.1) is 0 Å². The van der Waals surface area contributed by atoms with Crippen molar-refractivity contribution in [3.63, 3.8) is 0 Å². The zero-order valence-electron chi connectivity index (χ0n) is 33.9. The van der Waals surface area contributed by atoms with Gasteiger partial charge in [-0.05, 0) is 105 Å². The number of hydrogen-bond acceptors (Lipinski definition) is 1. The van der Waals surface area contributed by atoms with Crippen LogP contribution >= 0.6 is 0 Å². The van der Waals surface area contributed by atoms with Gasteiger partial charge in [-0.1, -0.05) is 176 Å². The first-order valence-electron chi connectivity index (χ1n) is 21.2. The first-order chi connectivity index (χ1) is 30.7. The lowest BCUT2D eigenvalue weighted by Gasteiger charge is -2.10. The van der Waals surface area contributed by atoms with Gasteiger partial charge in [-0.3, -0.25) is 4.57 Å². The van der Waals surface area contributed by atoms with Crippen LogP contribution in [0.4, 0.5) is 0 Å². The number of rotatable bonds is 7. The predicted molar refractivity (Wildman–Crippen MR) is 260 cm³/mol. The molecule has 3 heteroatoms. The van der Waals surface area contributed by atoms with Crippen LogP contribution in [0.1, 0.15) is 0 Å². The normalized spacial score (nSPS) is 11.5. The smallest absolute Gasteiger partial charge is 0.138 e. The number of hydrogen-bond donors (Lipinski definition) is 0. The summed E-state index contributed by atoms with van der Waals surface area (Å²) in [5.41, 5.74) is 17.6. The molecule has 0 saturated carbocycles. The number of para-hydroxylation sites is 3. The van der Waals surface area contributed by atoms with Crippen molar-refractivity contribution in [1.29, 1.82) is 0 Å². The summed E-state index contributed by atoms with van der Waals surface area (Å²) in [5.74, 6) is 0.913. The third-order valence-corrected chi connectivity index (χ3v) is 12.4. The molecule has 3 aromatic heterocycles. The highest BCUT2D eigenvalue weighted by Gasteiger charge is 2.16. The number of benzene rings is 9. The molecule has 12 aromatic rings. The maximum absolute atomic E-state index is 5.13. The molecule has 0 amide bonds. The Morgan fingerprint density at radius 3 is 1.15 bits per heavy atom. The molecule has 0 N–H and O–H groups in total. The van der Waals surface area contributed by atoms with Crippen molar-refractivity contribution in [3.8, 4) is 67.3 Å². The molecular weight excluding hydrogens is 751 g/mol. The number of fused-ring (bicyclic) bond motifs is 6. The van der Waals surface area contributed by atoms with E-state index in [-0.39, 0.29) is 0 Å². The Bertz CT molecular complexity index is 3580. The van der Waals surface area contributed by atoms with Crippen molar-refractivity contribution in [2.45, 2.75) is 0 Å². The molecule has 0 aliphatic carbocycles. The summed E-state index contributed by atoms with van der Waals surface area (Å²) in [6.45, 7) is 0. The molecular formula is C59H39N3. The lowest BCUT2D eigenvalue weighted by atomic mass is 9.96. The monoisotopic (exact) mass is 789 g/mol. The zero-order chi connectivity index (χ0) is 41.0. The summed E-state index contributed by atoms with van der Waals surface area (Å²) in [5, 5.41) is 4.96. The maximum Gasteiger partial charge on any atom is 0.138 e. The van der Waals surface area contributed by atoms with Crippen molar-refractivity contribution < 1.29 is 0 Å². The van der Waals surface area contributed by atoms with Crippen LogP contribution in [0.15, 0.2) is 237 Å². The van der Waals surface area contributed by atoms with Gasteiger partial charge in [-0.2, -0.15) is 0 Å². The second-order valence-corrected chi connectivity index (χ2v) is 16.0. The van der Waals surface area contributed by atoms with E-state index in [1.54, 1.807) is 0 Å². The Morgan fingerprint density at radius 1 is 0.242 bits per heavy atom. The second kappa shape index (κ2) is 14.8. The SMILES string of the molecule is c1ccc(-c2cccc(-n3c4ccccc4c4cc(-c5ccc(-c6ccc(-c7ccc(-c8ccc9c(c8)c8ccccc8n9-c8ccccc8)cc7)cc6)cc5)ccc43)n2)cc1. The summed E-state index contributed by atoms with van der Waals surface area (Å²) < 4.78 is 4.65. The fourth-order valence-corrected chi connectivity index (χ4v) is 9.29. The molecule has 3 heterocycles. The number of nitrogens with zero attached hydrogens (tertiary/aromatic N) is 3. The third-order valence-electron chi connectivity index (χ3n) is 12.4. The highest BCUT2D eigenvalue weighted by atomic mass is 15.1. The molecule has 0 aliphatic heterocycles. The largest absolute Gasteiger partial charge is 0.309 e. The van der Waals surface area contributed by atoms with Gasteiger partial charge in [0.1, 0.15) is 5.82 Å². The highest BCUT2D eigenvalue weighted by molar-refractivity contribution is 6.11. The first-order valence-corrected chi connectivity index (χ1v) is 21.2. The fourth-order valence-electron chi connectivity index (χ4n) is 9.29. The summed E-state index contributed by atoms with van der Waals surface area (Å²) in [6.07, 6.45) is 0. The van der Waals surface area contributed by atoms with Gasteiger partial charge >= 0.3 is 0 Å². The lowest BCUT2D eigenvalue weighted by molar-refractivity contribution is 1.08. The molecule has 62 heavy (non-hydrogen) atoms. The predicted octanol–water partition coefficient (Wildman–Crippen LogP) is 15.6. The van der Waals surface area contributed by atoms with E-state index >= 15 is 0 Å². The van der Waals surface area contributed by atoms with Gasteiger partial charge < -0.3 is 4.57 Å². The van der Waals surface area contributed by atoms with Crippen LogP contribution in [-0.4, -0.2) is 14.1 Å². The molecule has 0 atom stereocenters. The van der Waals surface area contributed by atoms with E-state index in [4.69, 9.17) is 4.98 Å². The van der Waals surface area contributed by atoms with Crippen LogP contribution < -0.4 is 0 Å². The Hall–Kier alpha value is -8.27. The molecule has 12 rings (SSSR count). The molecule has 0 spiro atoms. The van der Waals surface area contributed by atoms with Gasteiger partial charge in [0, 0.05) is 32.8 Å². The third kappa shape index (κ3) is 6.10. The van der Waals surface area contributed by atoms with Crippen LogP contribution in [0.3, 0.4) is 0 Å². The van der Waals surface area contributed by atoms with Crippen LogP contribution in [0.25, 0.3) is 111 Å². The van der Waals surface area contributed by atoms with Gasteiger partial charge in [-0.25, -0.2) is 4.98 Å². The van der Waals surface area contributed by atoms with E-state index < -0.39 is 0 Å². The quantitative estimate of drug-likeness (QED) is 0.158. The minimum absolute atomic E-state index is 0.913.